The molecule has 0 saturated carbocycles. The van der Waals surface area contributed by atoms with E-state index in [1.807, 2.05) is 24.0 Å². The van der Waals surface area contributed by atoms with Gasteiger partial charge in [-0.15, -0.1) is 0 Å². The fourth-order valence-corrected chi connectivity index (χ4v) is 2.03. The number of H-pyrrole nitrogens is 1. The maximum atomic E-state index is 8.42. The van der Waals surface area contributed by atoms with Gasteiger partial charge in [-0.3, -0.25) is 15.4 Å². The number of nitrogens with one attached hydrogen (secondary N) is 3. The summed E-state index contributed by atoms with van der Waals surface area (Å²) in [5.41, 5.74) is 1.14. The van der Waals surface area contributed by atoms with E-state index < -0.39 is 0 Å². The van der Waals surface area contributed by atoms with Gasteiger partial charge in [0.2, 0.25) is 5.96 Å². The molecule has 6 nitrogen and oxygen atoms in total. The van der Waals surface area contributed by atoms with E-state index in [9.17, 15) is 0 Å². The summed E-state index contributed by atoms with van der Waals surface area (Å²) in [7, 11) is 1.64. The minimum Gasteiger partial charge on any atom is -0.356 e. The minimum atomic E-state index is 0.520. The molecule has 92 valence electrons. The van der Waals surface area contributed by atoms with Crippen LogP contribution in [-0.4, -0.2) is 35.5 Å². The van der Waals surface area contributed by atoms with Gasteiger partial charge < -0.3 is 5.32 Å². The summed E-state index contributed by atoms with van der Waals surface area (Å²) in [6, 6.07) is 1.98. The molecule has 0 atom stereocenters. The SMILES string of the molecule is CN=C(NC#N)NCCCSCc1ccn[nH]1. The fourth-order valence-electron chi connectivity index (χ4n) is 1.16. The zero-order valence-corrected chi connectivity index (χ0v) is 10.5. The molecule has 17 heavy (non-hydrogen) atoms. The van der Waals surface area contributed by atoms with Crippen LogP contribution in [0, 0.1) is 11.5 Å². The predicted octanol–water partition coefficient (Wildman–Crippen LogP) is 0.679. The van der Waals surface area contributed by atoms with E-state index in [-0.39, 0.29) is 0 Å². The smallest absolute Gasteiger partial charge is 0.204 e. The van der Waals surface area contributed by atoms with E-state index >= 15 is 0 Å². The molecule has 7 heteroatoms. The topological polar surface area (TPSA) is 88.9 Å². The Hall–Kier alpha value is -1.68. The molecule has 0 amide bonds. The van der Waals surface area contributed by atoms with Gasteiger partial charge >= 0.3 is 0 Å². The molecule has 3 N–H and O–H groups in total. The monoisotopic (exact) mass is 252 g/mol. The first-order valence-corrected chi connectivity index (χ1v) is 6.44. The largest absolute Gasteiger partial charge is 0.356 e. The third kappa shape index (κ3) is 5.82. The molecule has 0 spiro atoms. The number of rotatable bonds is 6. The number of nitriles is 1. The van der Waals surface area contributed by atoms with Crippen LogP contribution in [-0.2, 0) is 5.75 Å². The van der Waals surface area contributed by atoms with Crippen molar-refractivity contribution in [2.45, 2.75) is 12.2 Å². The summed E-state index contributed by atoms with van der Waals surface area (Å²) in [4.78, 5) is 3.89. The van der Waals surface area contributed by atoms with E-state index in [4.69, 9.17) is 5.26 Å². The average molecular weight is 252 g/mol. The van der Waals surface area contributed by atoms with Crippen molar-refractivity contribution in [2.24, 2.45) is 4.99 Å². The molecule has 1 heterocycles. The Labute approximate surface area is 105 Å². The number of hydrogen-bond acceptors (Lipinski definition) is 4. The molecule has 0 unspecified atom stereocenters. The van der Waals surface area contributed by atoms with Crippen molar-refractivity contribution in [3.05, 3.63) is 18.0 Å². The van der Waals surface area contributed by atoms with Crippen molar-refractivity contribution in [3.63, 3.8) is 0 Å². The summed E-state index contributed by atoms with van der Waals surface area (Å²) in [6.07, 6.45) is 4.61. The molecule has 0 radical (unpaired) electrons. The van der Waals surface area contributed by atoms with Crippen LogP contribution in [0.4, 0.5) is 0 Å². The maximum Gasteiger partial charge on any atom is 0.204 e. The summed E-state index contributed by atoms with van der Waals surface area (Å²) >= 11 is 1.85. The van der Waals surface area contributed by atoms with Crippen molar-refractivity contribution in [3.8, 4) is 6.19 Å². The van der Waals surface area contributed by atoms with Gasteiger partial charge in [-0.25, -0.2) is 0 Å². The van der Waals surface area contributed by atoms with E-state index in [2.05, 4.69) is 25.8 Å². The second kappa shape index (κ2) is 8.47. The molecular weight excluding hydrogens is 236 g/mol. The maximum absolute atomic E-state index is 8.42. The number of aromatic nitrogens is 2. The van der Waals surface area contributed by atoms with Gasteiger partial charge in [0.05, 0.1) is 0 Å². The molecule has 1 aromatic heterocycles. The summed E-state index contributed by atoms with van der Waals surface area (Å²) in [5, 5.41) is 20.7. The first-order chi connectivity index (χ1) is 8.36. The van der Waals surface area contributed by atoms with Crippen LogP contribution in [0.1, 0.15) is 12.1 Å². The third-order valence-corrected chi connectivity index (χ3v) is 3.06. The zero-order valence-electron chi connectivity index (χ0n) is 9.73. The Bertz CT molecular complexity index is 367. The van der Waals surface area contributed by atoms with Crippen molar-refractivity contribution in [2.75, 3.05) is 19.3 Å². The second-order valence-corrected chi connectivity index (χ2v) is 4.33. The lowest BCUT2D eigenvalue weighted by Gasteiger charge is -2.06. The van der Waals surface area contributed by atoms with E-state index in [1.54, 1.807) is 13.2 Å². The number of guanidine groups is 1. The number of hydrogen-bond donors (Lipinski definition) is 3. The van der Waals surface area contributed by atoms with Crippen LogP contribution < -0.4 is 10.6 Å². The number of aliphatic imine (C=N–C) groups is 1. The van der Waals surface area contributed by atoms with E-state index in [0.29, 0.717) is 5.96 Å². The second-order valence-electron chi connectivity index (χ2n) is 3.22. The fraction of sp³-hybridized carbons (Fsp3) is 0.500. The van der Waals surface area contributed by atoms with Crippen molar-refractivity contribution in [1.82, 2.24) is 20.8 Å². The quantitative estimate of drug-likeness (QED) is 0.228. The Morgan fingerprint density at radius 1 is 1.71 bits per heavy atom. The van der Waals surface area contributed by atoms with Gasteiger partial charge in [0.15, 0.2) is 6.19 Å². The lowest BCUT2D eigenvalue weighted by atomic mass is 10.5. The van der Waals surface area contributed by atoms with Crippen LogP contribution in [0.5, 0.6) is 0 Å². The Morgan fingerprint density at radius 2 is 2.59 bits per heavy atom. The molecule has 0 aromatic carbocycles. The lowest BCUT2D eigenvalue weighted by molar-refractivity contribution is 0.827. The van der Waals surface area contributed by atoms with Gasteiger partial charge in [-0.05, 0) is 18.2 Å². The first kappa shape index (κ1) is 13.4. The van der Waals surface area contributed by atoms with Gasteiger partial charge in [0.25, 0.3) is 0 Å². The highest BCUT2D eigenvalue weighted by atomic mass is 32.2. The third-order valence-electron chi connectivity index (χ3n) is 1.97. The number of nitrogens with zero attached hydrogens (tertiary/aromatic N) is 3. The standard InChI is InChI=1S/C10H16N6S/c1-12-10(14-8-11)13-4-2-6-17-7-9-3-5-15-16-9/h3,5H,2,4,6-7H2,1H3,(H,15,16)(H2,12,13,14). The van der Waals surface area contributed by atoms with Crippen molar-refractivity contribution >= 4 is 17.7 Å². The van der Waals surface area contributed by atoms with Crippen LogP contribution in [0.25, 0.3) is 0 Å². The van der Waals surface area contributed by atoms with Crippen LogP contribution >= 0.6 is 11.8 Å². The predicted molar refractivity (Wildman–Crippen MR) is 69.5 cm³/mol. The molecule has 0 aliphatic rings. The van der Waals surface area contributed by atoms with Crippen LogP contribution in [0.3, 0.4) is 0 Å². The highest BCUT2D eigenvalue weighted by molar-refractivity contribution is 7.98. The highest BCUT2D eigenvalue weighted by Crippen LogP contribution is 2.09. The summed E-state index contributed by atoms with van der Waals surface area (Å²) in [6.45, 7) is 0.803. The van der Waals surface area contributed by atoms with E-state index in [1.165, 1.54) is 0 Å². The number of aromatic amines is 1. The Balaban J connectivity index is 1.99. The summed E-state index contributed by atoms with van der Waals surface area (Å²) < 4.78 is 0. The molecular formula is C10H16N6S. The van der Waals surface area contributed by atoms with E-state index in [0.717, 1.165) is 30.2 Å². The molecule has 0 fully saturated rings. The van der Waals surface area contributed by atoms with Gasteiger partial charge in [0.1, 0.15) is 0 Å². The molecule has 0 bridgehead atoms. The zero-order chi connectivity index (χ0) is 12.3. The van der Waals surface area contributed by atoms with Crippen molar-refractivity contribution in [1.29, 1.82) is 5.26 Å². The normalized spacial score (nSPS) is 10.9. The minimum absolute atomic E-state index is 0.520. The molecule has 1 rings (SSSR count). The Morgan fingerprint density at radius 3 is 3.24 bits per heavy atom. The average Bonchev–Trinajstić information content (AvgIpc) is 2.85. The van der Waals surface area contributed by atoms with Gasteiger partial charge in [-0.2, -0.15) is 22.1 Å². The summed E-state index contributed by atoms with van der Waals surface area (Å²) in [5.74, 6) is 2.52. The van der Waals surface area contributed by atoms with Crippen molar-refractivity contribution < 1.29 is 0 Å². The number of thioether (sulfide) groups is 1. The van der Waals surface area contributed by atoms with Gasteiger partial charge in [0, 0.05) is 31.2 Å². The highest BCUT2D eigenvalue weighted by Gasteiger charge is 1.96. The Kier molecular flexibility index (Phi) is 6.67. The van der Waals surface area contributed by atoms with Crippen LogP contribution in [0.2, 0.25) is 0 Å². The molecule has 0 aliphatic heterocycles. The molecule has 0 aliphatic carbocycles. The lowest BCUT2D eigenvalue weighted by Crippen LogP contribution is -2.35. The molecule has 0 saturated heterocycles. The first-order valence-electron chi connectivity index (χ1n) is 5.28. The van der Waals surface area contributed by atoms with Gasteiger partial charge in [-0.1, -0.05) is 0 Å². The van der Waals surface area contributed by atoms with Crippen LogP contribution in [0.15, 0.2) is 17.3 Å². The molecule has 1 aromatic rings.